The Morgan fingerprint density at radius 2 is 2.00 bits per heavy atom. The Labute approximate surface area is 130 Å². The molecule has 3 fully saturated rings. The molecular weight excluding hydrogens is 285 g/mol. The van der Waals surface area contributed by atoms with Crippen LogP contribution in [0.2, 0.25) is 0 Å². The summed E-state index contributed by atoms with van der Waals surface area (Å²) in [6.45, 7) is 1.02. The van der Waals surface area contributed by atoms with E-state index in [9.17, 15) is 4.39 Å². The van der Waals surface area contributed by atoms with Crippen LogP contribution in [-0.2, 0) is 9.47 Å². The van der Waals surface area contributed by atoms with E-state index in [-0.39, 0.29) is 17.6 Å². The van der Waals surface area contributed by atoms with Crippen LogP contribution < -0.4 is 4.74 Å². The minimum Gasteiger partial charge on any atom is -0.497 e. The molecule has 0 aromatic heterocycles. The zero-order chi connectivity index (χ0) is 15.3. The lowest BCUT2D eigenvalue weighted by molar-refractivity contribution is -0.278. The number of halogens is 1. The highest BCUT2D eigenvalue weighted by Gasteiger charge is 2.61. The second-order valence-electron chi connectivity index (χ2n) is 6.65. The van der Waals surface area contributed by atoms with Crippen molar-refractivity contribution in [2.75, 3.05) is 27.3 Å². The molecule has 1 aromatic carbocycles. The normalized spacial score (nSPS) is 36.9. The summed E-state index contributed by atoms with van der Waals surface area (Å²) in [4.78, 5) is 2.17. The Morgan fingerprint density at radius 1 is 1.27 bits per heavy atom. The molecule has 0 radical (unpaired) electrons. The topological polar surface area (TPSA) is 30.9 Å². The molecule has 4 rings (SSSR count). The third-order valence-electron chi connectivity index (χ3n) is 5.51. The van der Waals surface area contributed by atoms with E-state index < -0.39 is 12.5 Å². The maximum Gasteiger partial charge on any atom is 0.184 e. The lowest BCUT2D eigenvalue weighted by Gasteiger charge is -2.49. The highest BCUT2D eigenvalue weighted by molar-refractivity contribution is 5.28. The molecule has 3 aliphatic rings. The van der Waals surface area contributed by atoms with Crippen molar-refractivity contribution in [2.24, 2.45) is 5.92 Å². The fraction of sp³-hybridized carbons (Fsp3) is 0.647. The number of hydrogen-bond donors (Lipinski definition) is 0. The van der Waals surface area contributed by atoms with Gasteiger partial charge in [0.1, 0.15) is 18.0 Å². The van der Waals surface area contributed by atoms with Crippen LogP contribution in [-0.4, -0.2) is 50.0 Å². The maximum absolute atomic E-state index is 14.5. The quantitative estimate of drug-likeness (QED) is 0.840. The van der Waals surface area contributed by atoms with E-state index in [1.165, 1.54) is 0 Å². The first kappa shape index (κ1) is 14.4. The Kier molecular flexibility index (Phi) is 3.40. The number of nitrogens with zero attached hydrogens (tertiary/aromatic N) is 1. The van der Waals surface area contributed by atoms with E-state index >= 15 is 0 Å². The summed E-state index contributed by atoms with van der Waals surface area (Å²) in [5, 5.41) is 0. The Morgan fingerprint density at radius 3 is 2.64 bits per heavy atom. The van der Waals surface area contributed by atoms with Crippen molar-refractivity contribution in [3.63, 3.8) is 0 Å². The molecule has 0 amide bonds. The number of piperidine rings is 1. The second kappa shape index (κ2) is 5.18. The summed E-state index contributed by atoms with van der Waals surface area (Å²) in [6.07, 6.45) is 0.448. The molecule has 120 valence electrons. The number of rotatable bonds is 2. The molecule has 1 unspecified atom stereocenters. The summed E-state index contributed by atoms with van der Waals surface area (Å²) >= 11 is 0. The van der Waals surface area contributed by atoms with Gasteiger partial charge in [-0.1, -0.05) is 12.1 Å². The molecule has 0 N–H and O–H groups in total. The predicted octanol–water partition coefficient (Wildman–Crippen LogP) is 2.54. The van der Waals surface area contributed by atoms with Gasteiger partial charge < -0.3 is 14.2 Å². The van der Waals surface area contributed by atoms with Crippen molar-refractivity contribution in [1.29, 1.82) is 0 Å². The van der Waals surface area contributed by atoms with Gasteiger partial charge in [0.15, 0.2) is 6.29 Å². The number of fused-ring (bicyclic) bond motifs is 2. The molecule has 22 heavy (non-hydrogen) atoms. The minimum atomic E-state index is -0.953. The number of hydrogen-bond acceptors (Lipinski definition) is 4. The molecule has 1 aliphatic carbocycles. The SMILES string of the molecule is COc1ccc(C2OC[C@@H]3[C@@H](O2)[C@@H](F)CN(C)C32CC2)cc1. The van der Waals surface area contributed by atoms with Crippen molar-refractivity contribution in [3.8, 4) is 5.75 Å². The molecule has 5 heteroatoms. The van der Waals surface area contributed by atoms with Gasteiger partial charge in [0.05, 0.1) is 13.7 Å². The summed E-state index contributed by atoms with van der Waals surface area (Å²) in [6, 6.07) is 7.58. The minimum absolute atomic E-state index is 0.109. The first-order valence-electron chi connectivity index (χ1n) is 7.90. The summed E-state index contributed by atoms with van der Waals surface area (Å²) in [7, 11) is 3.65. The molecule has 1 saturated carbocycles. The Bertz CT molecular complexity index is 545. The molecule has 1 aromatic rings. The van der Waals surface area contributed by atoms with Gasteiger partial charge in [0.25, 0.3) is 0 Å². The summed E-state index contributed by atoms with van der Waals surface area (Å²) in [5.41, 5.74) is 1.02. The van der Waals surface area contributed by atoms with Gasteiger partial charge in [-0.05, 0) is 32.0 Å². The number of alkyl halides is 1. The highest BCUT2D eigenvalue weighted by Crippen LogP contribution is 2.54. The van der Waals surface area contributed by atoms with Gasteiger partial charge in [-0.15, -0.1) is 0 Å². The Balaban J connectivity index is 1.53. The van der Waals surface area contributed by atoms with Gasteiger partial charge in [0.2, 0.25) is 0 Å². The fourth-order valence-electron chi connectivity index (χ4n) is 4.01. The van der Waals surface area contributed by atoms with Gasteiger partial charge in [-0.3, -0.25) is 4.90 Å². The van der Waals surface area contributed by atoms with E-state index in [0.29, 0.717) is 13.2 Å². The molecule has 1 spiro atoms. The maximum atomic E-state index is 14.5. The zero-order valence-corrected chi connectivity index (χ0v) is 13.0. The van der Waals surface area contributed by atoms with E-state index in [0.717, 1.165) is 24.2 Å². The summed E-state index contributed by atoms with van der Waals surface area (Å²) < 4.78 is 31.6. The van der Waals surface area contributed by atoms with Gasteiger partial charge >= 0.3 is 0 Å². The number of methoxy groups -OCH3 is 1. The third kappa shape index (κ3) is 2.14. The molecule has 4 nitrogen and oxygen atoms in total. The van der Waals surface area contributed by atoms with Crippen LogP contribution in [0.5, 0.6) is 5.75 Å². The standard InChI is InChI=1S/C17H22FNO3/c1-19-9-14(18)15-13(17(19)7-8-17)10-21-16(22-15)11-3-5-12(20-2)6-4-11/h3-6,13-16H,7-10H2,1-2H3/t13-,14+,15-,16?/m1/s1. The largest absolute Gasteiger partial charge is 0.497 e. The van der Waals surface area contributed by atoms with Crippen molar-refractivity contribution >= 4 is 0 Å². The molecule has 0 bridgehead atoms. The molecule has 2 aliphatic heterocycles. The first-order chi connectivity index (χ1) is 10.6. The second-order valence-corrected chi connectivity index (χ2v) is 6.65. The van der Waals surface area contributed by atoms with Crippen LogP contribution in [0.3, 0.4) is 0 Å². The molecule has 2 heterocycles. The van der Waals surface area contributed by atoms with Crippen LogP contribution in [0.25, 0.3) is 0 Å². The van der Waals surface area contributed by atoms with E-state index in [1.54, 1.807) is 7.11 Å². The number of likely N-dealkylation sites (tertiary alicyclic amines) is 1. The fourth-order valence-corrected chi connectivity index (χ4v) is 4.01. The van der Waals surface area contributed by atoms with Gasteiger partial charge in [0, 0.05) is 23.6 Å². The average molecular weight is 307 g/mol. The van der Waals surface area contributed by atoms with Gasteiger partial charge in [-0.2, -0.15) is 0 Å². The van der Waals surface area contributed by atoms with Crippen molar-refractivity contribution < 1.29 is 18.6 Å². The van der Waals surface area contributed by atoms with Gasteiger partial charge in [-0.25, -0.2) is 4.39 Å². The molecule has 4 atom stereocenters. The van der Waals surface area contributed by atoms with E-state index in [1.807, 2.05) is 31.3 Å². The third-order valence-corrected chi connectivity index (χ3v) is 5.51. The van der Waals surface area contributed by atoms with Crippen LogP contribution in [0.4, 0.5) is 4.39 Å². The number of benzene rings is 1. The van der Waals surface area contributed by atoms with E-state index in [4.69, 9.17) is 14.2 Å². The van der Waals surface area contributed by atoms with E-state index in [2.05, 4.69) is 4.90 Å². The van der Waals surface area contributed by atoms with Crippen molar-refractivity contribution in [1.82, 2.24) is 4.90 Å². The summed E-state index contributed by atoms with van der Waals surface area (Å²) in [5.74, 6) is 0.924. The first-order valence-corrected chi connectivity index (χ1v) is 7.90. The van der Waals surface area contributed by atoms with Crippen LogP contribution >= 0.6 is 0 Å². The highest BCUT2D eigenvalue weighted by atomic mass is 19.1. The van der Waals surface area contributed by atoms with Crippen molar-refractivity contribution in [2.45, 2.75) is 36.9 Å². The number of ether oxygens (including phenoxy) is 3. The van der Waals surface area contributed by atoms with Crippen molar-refractivity contribution in [3.05, 3.63) is 29.8 Å². The van der Waals surface area contributed by atoms with Crippen LogP contribution in [0.1, 0.15) is 24.7 Å². The smallest absolute Gasteiger partial charge is 0.184 e. The molecular formula is C17H22FNO3. The Hall–Kier alpha value is -1.17. The molecule has 2 saturated heterocycles. The lowest BCUT2D eigenvalue weighted by Crippen LogP contribution is -2.61. The average Bonchev–Trinajstić information content (AvgIpc) is 3.35. The lowest BCUT2D eigenvalue weighted by atomic mass is 9.83. The monoisotopic (exact) mass is 307 g/mol. The van der Waals surface area contributed by atoms with Crippen LogP contribution in [0, 0.1) is 5.92 Å². The van der Waals surface area contributed by atoms with Crippen LogP contribution in [0.15, 0.2) is 24.3 Å². The predicted molar refractivity (Wildman–Crippen MR) is 79.5 cm³/mol. The zero-order valence-electron chi connectivity index (χ0n) is 13.0.